The Morgan fingerprint density at radius 2 is 1.58 bits per heavy atom. The third-order valence-electron chi connectivity index (χ3n) is 7.46. The van der Waals surface area contributed by atoms with Gasteiger partial charge >= 0.3 is 12.0 Å². The summed E-state index contributed by atoms with van der Waals surface area (Å²) in [5.41, 5.74) is 1.92. The van der Waals surface area contributed by atoms with Crippen molar-refractivity contribution in [3.8, 4) is 5.75 Å². The molecule has 0 aromatic heterocycles. The molecule has 2 heterocycles. The molecule has 0 aliphatic carbocycles. The van der Waals surface area contributed by atoms with E-state index in [-0.39, 0.29) is 17.4 Å². The number of rotatable bonds is 7. The van der Waals surface area contributed by atoms with Crippen LogP contribution in [-0.2, 0) is 27.2 Å². The van der Waals surface area contributed by atoms with Crippen LogP contribution in [0.5, 0.6) is 5.75 Å². The Bertz CT molecular complexity index is 1070. The van der Waals surface area contributed by atoms with E-state index >= 15 is 0 Å². The molecule has 1 N–H and O–H groups in total. The number of hydrogen-bond acceptors (Lipinski definition) is 5. The van der Waals surface area contributed by atoms with Crippen molar-refractivity contribution in [2.45, 2.75) is 38.1 Å². The summed E-state index contributed by atoms with van der Waals surface area (Å²) >= 11 is 0. The molecular weight excluding hydrogens is 458 g/mol. The Labute approximate surface area is 212 Å². The maximum atomic E-state index is 13.1. The third kappa shape index (κ3) is 6.17. The van der Waals surface area contributed by atoms with E-state index in [0.717, 1.165) is 36.1 Å². The van der Waals surface area contributed by atoms with E-state index in [1.807, 2.05) is 59.5 Å². The molecule has 1 spiro atoms. The molecule has 2 aromatic carbocycles. The summed E-state index contributed by atoms with van der Waals surface area (Å²) in [5.74, 6) is 0.414. The predicted molar refractivity (Wildman–Crippen MR) is 136 cm³/mol. The van der Waals surface area contributed by atoms with Gasteiger partial charge < -0.3 is 24.6 Å². The monoisotopic (exact) mass is 493 g/mol. The molecule has 1 unspecified atom stereocenters. The fourth-order valence-corrected chi connectivity index (χ4v) is 5.24. The van der Waals surface area contributed by atoms with Gasteiger partial charge in [-0.1, -0.05) is 42.5 Å². The SMILES string of the molecule is COC(=O)C(Cc1ccccc1)NC(=O)N1CCC2(CCN(C(=O)Cc3cccc(OC)c3)CC2)C1. The number of ether oxygens (including phenoxy) is 2. The minimum Gasteiger partial charge on any atom is -0.497 e. The normalized spacial score (nSPS) is 17.5. The van der Waals surface area contributed by atoms with E-state index in [0.29, 0.717) is 39.0 Å². The van der Waals surface area contributed by atoms with Gasteiger partial charge in [0.15, 0.2) is 0 Å². The number of benzene rings is 2. The fraction of sp³-hybridized carbons (Fsp3) is 0.464. The van der Waals surface area contributed by atoms with Crippen LogP contribution in [0.2, 0.25) is 0 Å². The highest BCUT2D eigenvalue weighted by Gasteiger charge is 2.43. The Hall–Kier alpha value is -3.55. The maximum absolute atomic E-state index is 13.1. The molecule has 0 radical (unpaired) electrons. The molecule has 8 heteroatoms. The Balaban J connectivity index is 1.29. The molecule has 2 aromatic rings. The minimum absolute atomic E-state index is 0.0181. The second-order valence-corrected chi connectivity index (χ2v) is 9.80. The topological polar surface area (TPSA) is 88.2 Å². The molecule has 3 amide bonds. The molecule has 36 heavy (non-hydrogen) atoms. The van der Waals surface area contributed by atoms with Crippen LogP contribution >= 0.6 is 0 Å². The van der Waals surface area contributed by atoms with Crippen LogP contribution in [0.3, 0.4) is 0 Å². The summed E-state index contributed by atoms with van der Waals surface area (Å²) in [7, 11) is 2.95. The summed E-state index contributed by atoms with van der Waals surface area (Å²) in [4.78, 5) is 42.0. The zero-order valence-electron chi connectivity index (χ0n) is 21.1. The number of likely N-dealkylation sites (tertiary alicyclic amines) is 2. The van der Waals surface area contributed by atoms with Gasteiger partial charge in [-0.3, -0.25) is 4.79 Å². The Morgan fingerprint density at radius 1 is 0.917 bits per heavy atom. The van der Waals surface area contributed by atoms with Crippen LogP contribution < -0.4 is 10.1 Å². The molecule has 2 aliphatic rings. The zero-order valence-corrected chi connectivity index (χ0v) is 21.1. The largest absolute Gasteiger partial charge is 0.497 e. The molecule has 192 valence electrons. The zero-order chi connectivity index (χ0) is 25.5. The summed E-state index contributed by atoms with van der Waals surface area (Å²) in [6, 6.07) is 16.2. The standard InChI is InChI=1S/C28H35N3O5/c1-35-23-10-6-9-22(17-23)19-25(32)30-14-11-28(12-15-30)13-16-31(20-28)27(34)29-24(26(33)36-2)18-21-7-4-3-5-8-21/h3-10,17,24H,11-16,18-20H2,1-2H3,(H,29,34). The Kier molecular flexibility index (Phi) is 8.13. The number of methoxy groups -OCH3 is 2. The van der Waals surface area contributed by atoms with Gasteiger partial charge in [-0.2, -0.15) is 0 Å². The predicted octanol–water partition coefficient (Wildman–Crippen LogP) is 3.05. The molecule has 0 saturated carbocycles. The van der Waals surface area contributed by atoms with E-state index in [1.165, 1.54) is 7.11 Å². The van der Waals surface area contributed by atoms with Crippen LogP contribution in [0.15, 0.2) is 54.6 Å². The smallest absolute Gasteiger partial charge is 0.328 e. The van der Waals surface area contributed by atoms with Crippen molar-refractivity contribution >= 4 is 17.9 Å². The van der Waals surface area contributed by atoms with Crippen molar-refractivity contribution in [2.24, 2.45) is 5.41 Å². The first kappa shape index (κ1) is 25.5. The highest BCUT2D eigenvalue weighted by Crippen LogP contribution is 2.40. The lowest BCUT2D eigenvalue weighted by Crippen LogP contribution is -2.50. The Morgan fingerprint density at radius 3 is 2.25 bits per heavy atom. The fourth-order valence-electron chi connectivity index (χ4n) is 5.24. The van der Waals surface area contributed by atoms with Crippen LogP contribution in [0.4, 0.5) is 4.79 Å². The number of nitrogens with one attached hydrogen (secondary N) is 1. The van der Waals surface area contributed by atoms with Crippen LogP contribution in [0.25, 0.3) is 0 Å². The van der Waals surface area contributed by atoms with Gasteiger partial charge in [-0.15, -0.1) is 0 Å². The van der Waals surface area contributed by atoms with Crippen LogP contribution in [-0.4, -0.2) is 74.1 Å². The van der Waals surface area contributed by atoms with Crippen molar-refractivity contribution in [2.75, 3.05) is 40.4 Å². The molecule has 8 nitrogen and oxygen atoms in total. The number of hydrogen-bond donors (Lipinski definition) is 1. The molecule has 4 rings (SSSR count). The van der Waals surface area contributed by atoms with E-state index in [9.17, 15) is 14.4 Å². The average Bonchev–Trinajstić information content (AvgIpc) is 3.32. The molecule has 2 fully saturated rings. The highest BCUT2D eigenvalue weighted by atomic mass is 16.5. The quantitative estimate of drug-likeness (QED) is 0.599. The minimum atomic E-state index is -0.738. The van der Waals surface area contributed by atoms with E-state index in [4.69, 9.17) is 9.47 Å². The second kappa shape index (κ2) is 11.5. The van der Waals surface area contributed by atoms with Gasteiger partial charge in [0.1, 0.15) is 11.8 Å². The van der Waals surface area contributed by atoms with Crippen LogP contribution in [0, 0.1) is 5.41 Å². The number of piperidine rings is 1. The maximum Gasteiger partial charge on any atom is 0.328 e. The molecule has 0 bridgehead atoms. The van der Waals surface area contributed by atoms with Gasteiger partial charge in [0, 0.05) is 32.6 Å². The molecule has 2 saturated heterocycles. The number of nitrogens with zero attached hydrogens (tertiary/aromatic N) is 2. The number of urea groups is 1. The van der Waals surface area contributed by atoms with E-state index < -0.39 is 12.0 Å². The lowest BCUT2D eigenvalue weighted by molar-refractivity contribution is -0.142. The van der Waals surface area contributed by atoms with Gasteiger partial charge in [-0.25, -0.2) is 9.59 Å². The second-order valence-electron chi connectivity index (χ2n) is 9.80. The lowest BCUT2D eigenvalue weighted by atomic mass is 9.77. The molecule has 1 atom stereocenters. The summed E-state index contributed by atoms with van der Waals surface area (Å²) in [6.07, 6.45) is 3.37. The van der Waals surface area contributed by atoms with Crippen molar-refractivity contribution in [1.82, 2.24) is 15.1 Å². The van der Waals surface area contributed by atoms with Gasteiger partial charge in [0.05, 0.1) is 20.6 Å². The van der Waals surface area contributed by atoms with Crippen molar-refractivity contribution < 1.29 is 23.9 Å². The van der Waals surface area contributed by atoms with Gasteiger partial charge in [-0.05, 0) is 47.9 Å². The van der Waals surface area contributed by atoms with Gasteiger partial charge in [0.2, 0.25) is 5.91 Å². The number of carbonyl (C=O) groups excluding carboxylic acids is 3. The first-order valence-corrected chi connectivity index (χ1v) is 12.5. The van der Waals surface area contributed by atoms with E-state index in [2.05, 4.69) is 5.32 Å². The summed E-state index contributed by atoms with van der Waals surface area (Å²) < 4.78 is 10.2. The first-order valence-electron chi connectivity index (χ1n) is 12.5. The molecule has 2 aliphatic heterocycles. The van der Waals surface area contributed by atoms with Crippen LogP contribution in [0.1, 0.15) is 30.4 Å². The van der Waals surface area contributed by atoms with Crippen molar-refractivity contribution in [3.63, 3.8) is 0 Å². The number of esters is 1. The summed E-state index contributed by atoms with van der Waals surface area (Å²) in [5, 5.41) is 2.88. The summed E-state index contributed by atoms with van der Waals surface area (Å²) in [6.45, 7) is 2.66. The highest BCUT2D eigenvalue weighted by molar-refractivity contribution is 5.84. The number of amides is 3. The van der Waals surface area contributed by atoms with Gasteiger partial charge in [0.25, 0.3) is 0 Å². The lowest BCUT2D eigenvalue weighted by Gasteiger charge is -2.39. The van der Waals surface area contributed by atoms with Crippen molar-refractivity contribution in [3.05, 3.63) is 65.7 Å². The van der Waals surface area contributed by atoms with Crippen molar-refractivity contribution in [1.29, 1.82) is 0 Å². The van der Waals surface area contributed by atoms with E-state index in [1.54, 1.807) is 12.0 Å². The number of carbonyl (C=O) groups is 3. The molecular formula is C28H35N3O5. The average molecular weight is 494 g/mol. The first-order chi connectivity index (χ1) is 17.4. The third-order valence-corrected chi connectivity index (χ3v) is 7.46.